The number of ether oxygens (including phenoxy) is 1. The predicted octanol–water partition coefficient (Wildman–Crippen LogP) is 3.33. The summed E-state index contributed by atoms with van der Waals surface area (Å²) in [5, 5.41) is 8.98. The highest BCUT2D eigenvalue weighted by molar-refractivity contribution is 7.09. The third-order valence-corrected chi connectivity index (χ3v) is 5.59. The number of hydrogen-bond acceptors (Lipinski definition) is 4. The van der Waals surface area contributed by atoms with Gasteiger partial charge in [-0.25, -0.2) is 0 Å². The SMILES string of the molecule is CCNC(=NCC1CCN(Cc2cccs2)CC1)NCCCCOCC. The number of piperidine rings is 1. The van der Waals surface area contributed by atoms with Crippen molar-refractivity contribution in [2.75, 3.05) is 45.9 Å². The molecule has 0 unspecified atom stereocenters. The highest BCUT2D eigenvalue weighted by Crippen LogP contribution is 2.20. The van der Waals surface area contributed by atoms with Crippen molar-refractivity contribution in [3.05, 3.63) is 22.4 Å². The lowest BCUT2D eigenvalue weighted by Crippen LogP contribution is -2.39. The molecule has 2 heterocycles. The van der Waals surface area contributed by atoms with Crippen LogP contribution in [0.4, 0.5) is 0 Å². The van der Waals surface area contributed by atoms with Crippen molar-refractivity contribution in [1.29, 1.82) is 0 Å². The third-order valence-electron chi connectivity index (χ3n) is 4.73. The van der Waals surface area contributed by atoms with Crippen LogP contribution in [0.15, 0.2) is 22.5 Å². The number of aliphatic imine (C=N–C) groups is 1. The van der Waals surface area contributed by atoms with E-state index in [-0.39, 0.29) is 0 Å². The van der Waals surface area contributed by atoms with Gasteiger partial charge < -0.3 is 15.4 Å². The molecule has 0 aliphatic carbocycles. The fourth-order valence-corrected chi connectivity index (χ4v) is 3.94. The van der Waals surface area contributed by atoms with Crippen molar-refractivity contribution in [3.63, 3.8) is 0 Å². The molecule has 2 N–H and O–H groups in total. The average molecular weight is 381 g/mol. The lowest BCUT2D eigenvalue weighted by Gasteiger charge is -2.31. The van der Waals surface area contributed by atoms with E-state index in [0.29, 0.717) is 5.92 Å². The fraction of sp³-hybridized carbons (Fsp3) is 0.750. The van der Waals surface area contributed by atoms with Crippen molar-refractivity contribution >= 4 is 17.3 Å². The summed E-state index contributed by atoms with van der Waals surface area (Å²) in [5.41, 5.74) is 0. The predicted molar refractivity (Wildman–Crippen MR) is 112 cm³/mol. The van der Waals surface area contributed by atoms with Crippen LogP contribution in [-0.4, -0.2) is 56.8 Å². The first-order valence-corrected chi connectivity index (χ1v) is 11.0. The molecular formula is C20H36N4OS. The molecule has 0 radical (unpaired) electrons. The molecule has 1 aliphatic rings. The number of rotatable bonds is 11. The first-order chi connectivity index (χ1) is 12.8. The largest absolute Gasteiger partial charge is 0.382 e. The zero-order valence-corrected chi connectivity index (χ0v) is 17.3. The molecule has 0 amide bonds. The van der Waals surface area contributed by atoms with Crippen molar-refractivity contribution in [3.8, 4) is 0 Å². The first kappa shape index (κ1) is 21.2. The van der Waals surface area contributed by atoms with Crippen LogP contribution < -0.4 is 10.6 Å². The van der Waals surface area contributed by atoms with Gasteiger partial charge in [-0.1, -0.05) is 6.07 Å². The van der Waals surface area contributed by atoms with Gasteiger partial charge in [-0.15, -0.1) is 11.3 Å². The van der Waals surface area contributed by atoms with Crippen molar-refractivity contribution in [1.82, 2.24) is 15.5 Å². The summed E-state index contributed by atoms with van der Waals surface area (Å²) in [7, 11) is 0. The van der Waals surface area contributed by atoms with Gasteiger partial charge >= 0.3 is 0 Å². The van der Waals surface area contributed by atoms with Crippen LogP contribution in [0.2, 0.25) is 0 Å². The van der Waals surface area contributed by atoms with E-state index in [1.807, 2.05) is 18.3 Å². The number of likely N-dealkylation sites (tertiary alicyclic amines) is 1. The summed E-state index contributed by atoms with van der Waals surface area (Å²) in [6, 6.07) is 4.39. The molecule has 5 nitrogen and oxygen atoms in total. The van der Waals surface area contributed by atoms with Crippen molar-refractivity contribution in [2.24, 2.45) is 10.9 Å². The second kappa shape index (κ2) is 13.1. The summed E-state index contributed by atoms with van der Waals surface area (Å²) in [4.78, 5) is 8.87. The summed E-state index contributed by atoms with van der Waals surface area (Å²) >= 11 is 1.86. The molecule has 26 heavy (non-hydrogen) atoms. The van der Waals surface area contributed by atoms with Crippen LogP contribution in [0.1, 0.15) is 44.4 Å². The van der Waals surface area contributed by atoms with Crippen molar-refractivity contribution in [2.45, 2.75) is 46.1 Å². The molecule has 1 fully saturated rings. The Bertz CT molecular complexity index is 484. The molecule has 6 heteroatoms. The summed E-state index contributed by atoms with van der Waals surface area (Å²) in [5.74, 6) is 1.67. The zero-order valence-electron chi connectivity index (χ0n) is 16.5. The van der Waals surface area contributed by atoms with Crippen molar-refractivity contribution < 1.29 is 4.74 Å². The fourth-order valence-electron chi connectivity index (χ4n) is 3.19. The molecule has 0 spiro atoms. The minimum Gasteiger partial charge on any atom is -0.382 e. The molecule has 2 rings (SSSR count). The second-order valence-electron chi connectivity index (χ2n) is 6.85. The average Bonchev–Trinajstić information content (AvgIpc) is 3.16. The second-order valence-corrected chi connectivity index (χ2v) is 7.88. The Labute approximate surface area is 163 Å². The molecule has 0 atom stereocenters. The number of unbranched alkanes of at least 4 members (excludes halogenated alkanes) is 1. The van der Waals surface area contributed by atoms with Gasteiger partial charge in [0.1, 0.15) is 0 Å². The van der Waals surface area contributed by atoms with Gasteiger partial charge in [0.15, 0.2) is 5.96 Å². The van der Waals surface area contributed by atoms with E-state index in [2.05, 4.69) is 40.0 Å². The third kappa shape index (κ3) is 8.52. The maximum Gasteiger partial charge on any atom is 0.191 e. The summed E-state index contributed by atoms with van der Waals surface area (Å²) < 4.78 is 5.38. The Hall–Kier alpha value is -1.11. The van der Waals surface area contributed by atoms with E-state index in [9.17, 15) is 0 Å². The van der Waals surface area contributed by atoms with Gasteiger partial charge in [-0.2, -0.15) is 0 Å². The standard InChI is InChI=1S/C20H36N4OS/c1-3-21-20(22-11-5-6-14-25-4-2)23-16-18-9-12-24(13-10-18)17-19-8-7-15-26-19/h7-8,15,18H,3-6,9-14,16-17H2,1-2H3,(H2,21,22,23). The smallest absolute Gasteiger partial charge is 0.191 e. The Kier molecular flexibility index (Phi) is 10.7. The minimum atomic E-state index is 0.711. The number of guanidine groups is 1. The van der Waals surface area contributed by atoms with Gasteiger partial charge in [0.05, 0.1) is 0 Å². The van der Waals surface area contributed by atoms with E-state index in [1.165, 1.54) is 30.8 Å². The molecule has 1 aromatic rings. The van der Waals surface area contributed by atoms with E-state index in [0.717, 1.165) is 58.2 Å². The normalized spacial score (nSPS) is 16.8. The molecule has 1 aliphatic heterocycles. The van der Waals surface area contributed by atoms with E-state index in [1.54, 1.807) is 0 Å². The van der Waals surface area contributed by atoms with E-state index >= 15 is 0 Å². The van der Waals surface area contributed by atoms with Crippen LogP contribution in [0.3, 0.4) is 0 Å². The lowest BCUT2D eigenvalue weighted by molar-refractivity contribution is 0.143. The van der Waals surface area contributed by atoms with E-state index < -0.39 is 0 Å². The quantitative estimate of drug-likeness (QED) is 0.351. The molecular weight excluding hydrogens is 344 g/mol. The number of thiophene rings is 1. The Balaban J connectivity index is 1.63. The van der Waals surface area contributed by atoms with Gasteiger partial charge in [0.25, 0.3) is 0 Å². The van der Waals surface area contributed by atoms with Crippen LogP contribution in [0.25, 0.3) is 0 Å². The van der Waals surface area contributed by atoms with Gasteiger partial charge in [0, 0.05) is 44.3 Å². The number of nitrogens with zero attached hydrogens (tertiary/aromatic N) is 2. The monoisotopic (exact) mass is 380 g/mol. The maximum atomic E-state index is 5.38. The van der Waals surface area contributed by atoms with Crippen LogP contribution in [0.5, 0.6) is 0 Å². The van der Waals surface area contributed by atoms with E-state index in [4.69, 9.17) is 9.73 Å². The Morgan fingerprint density at radius 3 is 2.81 bits per heavy atom. The maximum absolute atomic E-state index is 5.38. The highest BCUT2D eigenvalue weighted by atomic mass is 32.1. The summed E-state index contributed by atoms with van der Waals surface area (Å²) in [6.07, 6.45) is 4.72. The molecule has 1 aromatic heterocycles. The summed E-state index contributed by atoms with van der Waals surface area (Å²) in [6.45, 7) is 12.1. The number of nitrogens with one attached hydrogen (secondary N) is 2. The number of hydrogen-bond donors (Lipinski definition) is 2. The first-order valence-electron chi connectivity index (χ1n) is 10.2. The molecule has 0 saturated carbocycles. The van der Waals surface area contributed by atoms with Gasteiger partial charge in [-0.3, -0.25) is 9.89 Å². The van der Waals surface area contributed by atoms with Gasteiger partial charge in [0.2, 0.25) is 0 Å². The van der Waals surface area contributed by atoms with Crippen LogP contribution >= 0.6 is 11.3 Å². The Morgan fingerprint density at radius 1 is 1.27 bits per heavy atom. The molecule has 0 bridgehead atoms. The van der Waals surface area contributed by atoms with Gasteiger partial charge in [-0.05, 0) is 70.0 Å². The lowest BCUT2D eigenvalue weighted by atomic mass is 9.97. The highest BCUT2D eigenvalue weighted by Gasteiger charge is 2.19. The zero-order chi connectivity index (χ0) is 18.5. The molecule has 1 saturated heterocycles. The Morgan fingerprint density at radius 2 is 2.12 bits per heavy atom. The topological polar surface area (TPSA) is 48.9 Å². The molecule has 0 aromatic carbocycles. The van der Waals surface area contributed by atoms with Crippen LogP contribution in [-0.2, 0) is 11.3 Å². The van der Waals surface area contributed by atoms with Crippen LogP contribution in [0, 0.1) is 5.92 Å². The molecule has 148 valence electrons. The minimum absolute atomic E-state index is 0.711.